The zero-order chi connectivity index (χ0) is 15.9. The number of hydrogen-bond acceptors (Lipinski definition) is 5. The molecule has 1 aromatic rings. The van der Waals surface area contributed by atoms with Crippen molar-refractivity contribution >= 4 is 21.4 Å². The molecule has 0 unspecified atom stereocenters. The lowest BCUT2D eigenvalue weighted by atomic mass is 10.3. The Hall–Kier alpha value is -0.470. The van der Waals surface area contributed by atoms with Crippen LogP contribution in [0.15, 0.2) is 10.3 Å². The minimum Gasteiger partial charge on any atom is -0.385 e. The number of nitrogens with one attached hydrogen (secondary N) is 2. The zero-order valence-corrected chi connectivity index (χ0v) is 14.9. The van der Waals surface area contributed by atoms with Gasteiger partial charge in [-0.2, -0.15) is 0 Å². The van der Waals surface area contributed by atoms with E-state index in [1.807, 2.05) is 26.2 Å². The highest BCUT2D eigenvalue weighted by atomic mass is 32.2. The quantitative estimate of drug-likeness (QED) is 0.644. The SMILES string of the molecule is COCCCCNS(=O)(=O)c1c(C)csc1CNC(C)C. The van der Waals surface area contributed by atoms with E-state index in [4.69, 9.17) is 4.74 Å². The average Bonchev–Trinajstić information content (AvgIpc) is 2.78. The van der Waals surface area contributed by atoms with E-state index in [2.05, 4.69) is 10.0 Å². The van der Waals surface area contributed by atoms with Crippen LogP contribution < -0.4 is 10.0 Å². The monoisotopic (exact) mass is 334 g/mol. The zero-order valence-electron chi connectivity index (χ0n) is 13.2. The van der Waals surface area contributed by atoms with E-state index in [-0.39, 0.29) is 0 Å². The van der Waals surface area contributed by atoms with Gasteiger partial charge < -0.3 is 10.1 Å². The van der Waals surface area contributed by atoms with Gasteiger partial charge in [0.15, 0.2) is 0 Å². The Morgan fingerprint density at radius 2 is 2.05 bits per heavy atom. The van der Waals surface area contributed by atoms with Crippen LogP contribution in [0, 0.1) is 6.92 Å². The molecule has 5 nitrogen and oxygen atoms in total. The third-order valence-corrected chi connectivity index (χ3v) is 5.92. The van der Waals surface area contributed by atoms with E-state index >= 15 is 0 Å². The molecule has 1 aromatic heterocycles. The van der Waals surface area contributed by atoms with Gasteiger partial charge in [-0.15, -0.1) is 11.3 Å². The van der Waals surface area contributed by atoms with Crippen molar-refractivity contribution < 1.29 is 13.2 Å². The fourth-order valence-electron chi connectivity index (χ4n) is 1.92. The molecule has 0 spiro atoms. The molecule has 0 aliphatic heterocycles. The summed E-state index contributed by atoms with van der Waals surface area (Å²) in [5.41, 5.74) is 0.810. The summed E-state index contributed by atoms with van der Waals surface area (Å²) in [6, 6.07) is 0.324. The highest BCUT2D eigenvalue weighted by Crippen LogP contribution is 2.26. The summed E-state index contributed by atoms with van der Waals surface area (Å²) in [5.74, 6) is 0. The molecular weight excluding hydrogens is 308 g/mol. The summed E-state index contributed by atoms with van der Waals surface area (Å²) in [7, 11) is -1.79. The summed E-state index contributed by atoms with van der Waals surface area (Å²) in [4.78, 5) is 1.30. The van der Waals surface area contributed by atoms with Crippen molar-refractivity contribution in [2.75, 3.05) is 20.3 Å². The maximum absolute atomic E-state index is 12.4. The van der Waals surface area contributed by atoms with Gasteiger partial charge in [-0.3, -0.25) is 0 Å². The fraction of sp³-hybridized carbons (Fsp3) is 0.714. The van der Waals surface area contributed by atoms with Crippen molar-refractivity contribution in [2.24, 2.45) is 0 Å². The number of unbranched alkanes of at least 4 members (excludes halogenated alkanes) is 1. The number of rotatable bonds is 10. The largest absolute Gasteiger partial charge is 0.385 e. The van der Waals surface area contributed by atoms with Gasteiger partial charge in [0.05, 0.1) is 0 Å². The molecule has 0 saturated carbocycles. The molecule has 0 bridgehead atoms. The predicted molar refractivity (Wildman–Crippen MR) is 87.3 cm³/mol. The van der Waals surface area contributed by atoms with Crippen molar-refractivity contribution in [2.45, 2.75) is 51.1 Å². The first kappa shape index (κ1) is 18.6. The molecule has 1 heterocycles. The van der Waals surface area contributed by atoms with Crippen LogP contribution in [-0.2, 0) is 21.3 Å². The van der Waals surface area contributed by atoms with E-state index in [0.717, 1.165) is 23.3 Å². The molecule has 0 atom stereocenters. The first-order valence-corrected chi connectivity index (χ1v) is 9.53. The average molecular weight is 335 g/mol. The van der Waals surface area contributed by atoms with Crippen LogP contribution in [0.5, 0.6) is 0 Å². The molecule has 21 heavy (non-hydrogen) atoms. The molecule has 7 heteroatoms. The van der Waals surface area contributed by atoms with Gasteiger partial charge in [0.1, 0.15) is 4.90 Å². The molecule has 1 rings (SSSR count). The molecule has 0 aliphatic rings. The van der Waals surface area contributed by atoms with E-state index < -0.39 is 10.0 Å². The Balaban J connectivity index is 2.71. The molecule has 0 amide bonds. The number of methoxy groups -OCH3 is 1. The Morgan fingerprint density at radius 3 is 2.67 bits per heavy atom. The molecule has 122 valence electrons. The van der Waals surface area contributed by atoms with E-state index in [0.29, 0.717) is 30.6 Å². The number of hydrogen-bond donors (Lipinski definition) is 2. The van der Waals surface area contributed by atoms with Gasteiger partial charge in [0.25, 0.3) is 0 Å². The molecule has 0 fully saturated rings. The van der Waals surface area contributed by atoms with Gasteiger partial charge in [0, 0.05) is 37.7 Å². The smallest absolute Gasteiger partial charge is 0.241 e. The lowest BCUT2D eigenvalue weighted by Gasteiger charge is -2.11. The summed E-state index contributed by atoms with van der Waals surface area (Å²) < 4.78 is 32.5. The Labute approximate surface area is 132 Å². The van der Waals surface area contributed by atoms with Gasteiger partial charge >= 0.3 is 0 Å². The van der Waals surface area contributed by atoms with E-state index in [9.17, 15) is 8.42 Å². The summed E-state index contributed by atoms with van der Waals surface area (Å²) in [5, 5.41) is 5.17. The number of sulfonamides is 1. The highest BCUT2D eigenvalue weighted by molar-refractivity contribution is 7.89. The lowest BCUT2D eigenvalue weighted by Crippen LogP contribution is -2.28. The van der Waals surface area contributed by atoms with Crippen LogP contribution in [0.2, 0.25) is 0 Å². The van der Waals surface area contributed by atoms with Gasteiger partial charge in [-0.1, -0.05) is 13.8 Å². The third kappa shape index (κ3) is 6.04. The normalized spacial score (nSPS) is 12.2. The van der Waals surface area contributed by atoms with Crippen molar-refractivity contribution in [1.82, 2.24) is 10.0 Å². The maximum Gasteiger partial charge on any atom is 0.241 e. The van der Waals surface area contributed by atoms with Crippen LogP contribution in [-0.4, -0.2) is 34.7 Å². The van der Waals surface area contributed by atoms with Crippen molar-refractivity contribution in [3.05, 3.63) is 15.8 Å². The molecule has 0 saturated heterocycles. The third-order valence-electron chi connectivity index (χ3n) is 3.00. The minimum atomic E-state index is -3.43. The Kier molecular flexibility index (Phi) is 7.83. The topological polar surface area (TPSA) is 67.4 Å². The van der Waals surface area contributed by atoms with Crippen molar-refractivity contribution in [3.8, 4) is 0 Å². The molecule has 0 aliphatic carbocycles. The van der Waals surface area contributed by atoms with Crippen LogP contribution in [0.3, 0.4) is 0 Å². The second-order valence-corrected chi connectivity index (χ2v) is 7.97. The number of ether oxygens (including phenoxy) is 1. The Morgan fingerprint density at radius 1 is 1.33 bits per heavy atom. The maximum atomic E-state index is 12.4. The van der Waals surface area contributed by atoms with Crippen molar-refractivity contribution in [1.29, 1.82) is 0 Å². The molecule has 0 aromatic carbocycles. The highest BCUT2D eigenvalue weighted by Gasteiger charge is 2.22. The van der Waals surface area contributed by atoms with Crippen LogP contribution >= 0.6 is 11.3 Å². The predicted octanol–water partition coefficient (Wildman–Crippen LogP) is 2.26. The first-order chi connectivity index (χ1) is 9.88. The summed E-state index contributed by atoms with van der Waals surface area (Å²) in [6.07, 6.45) is 1.62. The molecular formula is C14H26N2O3S2. The van der Waals surface area contributed by atoms with E-state index in [1.165, 1.54) is 11.3 Å². The Bertz CT molecular complexity index is 524. The van der Waals surface area contributed by atoms with Crippen LogP contribution in [0.4, 0.5) is 0 Å². The van der Waals surface area contributed by atoms with Gasteiger partial charge in [-0.05, 0) is 30.7 Å². The van der Waals surface area contributed by atoms with Gasteiger partial charge in [0.2, 0.25) is 10.0 Å². The lowest BCUT2D eigenvalue weighted by molar-refractivity contribution is 0.193. The van der Waals surface area contributed by atoms with Gasteiger partial charge in [-0.25, -0.2) is 13.1 Å². The second kappa shape index (κ2) is 8.85. The number of thiophene rings is 1. The standard InChI is InChI=1S/C14H26N2O3S2/c1-11(2)15-9-13-14(12(3)10-20-13)21(17,18)16-7-5-6-8-19-4/h10-11,15-16H,5-9H2,1-4H3. The first-order valence-electron chi connectivity index (χ1n) is 7.17. The fourth-order valence-corrected chi connectivity index (χ4v) is 4.75. The summed E-state index contributed by atoms with van der Waals surface area (Å²) >= 11 is 1.49. The van der Waals surface area contributed by atoms with Crippen molar-refractivity contribution in [3.63, 3.8) is 0 Å². The van der Waals surface area contributed by atoms with Crippen LogP contribution in [0.1, 0.15) is 37.1 Å². The van der Waals surface area contributed by atoms with Crippen LogP contribution in [0.25, 0.3) is 0 Å². The molecule has 2 N–H and O–H groups in total. The number of aryl methyl sites for hydroxylation is 1. The molecule has 0 radical (unpaired) electrons. The minimum absolute atomic E-state index is 0.324. The van der Waals surface area contributed by atoms with E-state index in [1.54, 1.807) is 7.11 Å². The second-order valence-electron chi connectivity index (χ2n) is 5.30. The summed E-state index contributed by atoms with van der Waals surface area (Å²) in [6.45, 7) is 7.61.